The van der Waals surface area contributed by atoms with Crippen molar-refractivity contribution in [3.8, 4) is 5.75 Å². The number of carbonyl (C=O) groups excluding carboxylic acids is 1. The average molecular weight is 297 g/mol. The van der Waals surface area contributed by atoms with E-state index in [-0.39, 0.29) is 5.91 Å². The van der Waals surface area contributed by atoms with Crippen LogP contribution in [0.5, 0.6) is 5.75 Å². The fourth-order valence-electron chi connectivity index (χ4n) is 2.24. The number of aryl methyl sites for hydroxylation is 1. The van der Waals surface area contributed by atoms with Gasteiger partial charge in [-0.1, -0.05) is 11.6 Å². The molecule has 1 heterocycles. The third kappa shape index (κ3) is 2.76. The molecule has 0 fully saturated rings. The Morgan fingerprint density at radius 3 is 2.81 bits per heavy atom. The maximum atomic E-state index is 12.4. The average Bonchev–Trinajstić information content (AvgIpc) is 2.94. The van der Waals surface area contributed by atoms with Gasteiger partial charge in [0.05, 0.1) is 12.7 Å². The number of hydrogen-bond acceptors (Lipinski definition) is 3. The van der Waals surface area contributed by atoms with Gasteiger partial charge in [-0.15, -0.1) is 11.3 Å². The van der Waals surface area contributed by atoms with Gasteiger partial charge in [0.25, 0.3) is 5.91 Å². The number of hydrogen-bond donors (Lipinski definition) is 1. The zero-order chi connectivity index (χ0) is 14.8. The molecule has 4 heteroatoms. The summed E-state index contributed by atoms with van der Waals surface area (Å²) in [5.41, 5.74) is 2.35. The summed E-state index contributed by atoms with van der Waals surface area (Å²) < 4.78 is 6.47. The molecule has 1 N–H and O–H groups in total. The van der Waals surface area contributed by atoms with Crippen LogP contribution < -0.4 is 10.1 Å². The highest BCUT2D eigenvalue weighted by molar-refractivity contribution is 7.17. The van der Waals surface area contributed by atoms with Crippen molar-refractivity contribution in [3.05, 3.63) is 59.0 Å². The van der Waals surface area contributed by atoms with Crippen molar-refractivity contribution in [3.63, 3.8) is 0 Å². The largest absolute Gasteiger partial charge is 0.496 e. The molecule has 3 nitrogen and oxygen atoms in total. The van der Waals surface area contributed by atoms with Crippen molar-refractivity contribution >= 4 is 33.0 Å². The second kappa shape index (κ2) is 5.58. The predicted molar refractivity (Wildman–Crippen MR) is 87.5 cm³/mol. The lowest BCUT2D eigenvalue weighted by molar-refractivity contribution is 0.102. The fourth-order valence-corrected chi connectivity index (χ4v) is 3.01. The molecule has 0 unspecified atom stereocenters. The van der Waals surface area contributed by atoms with Gasteiger partial charge in [0.1, 0.15) is 5.75 Å². The lowest BCUT2D eigenvalue weighted by atomic mass is 10.1. The Morgan fingerprint density at radius 2 is 2.00 bits per heavy atom. The van der Waals surface area contributed by atoms with Crippen molar-refractivity contribution in [2.24, 2.45) is 0 Å². The van der Waals surface area contributed by atoms with Crippen LogP contribution in [0.1, 0.15) is 15.9 Å². The summed E-state index contributed by atoms with van der Waals surface area (Å²) in [6.45, 7) is 1.95. The minimum atomic E-state index is -0.162. The third-order valence-corrected chi connectivity index (χ3v) is 4.21. The molecule has 106 valence electrons. The second-order valence-electron chi connectivity index (χ2n) is 4.83. The molecule has 3 aromatic rings. The number of ether oxygens (including phenoxy) is 1. The van der Waals surface area contributed by atoms with Crippen molar-refractivity contribution in [1.29, 1.82) is 0 Å². The lowest BCUT2D eigenvalue weighted by Crippen LogP contribution is -2.13. The molecule has 0 bridgehead atoms. The predicted octanol–water partition coefficient (Wildman–Crippen LogP) is 4.47. The van der Waals surface area contributed by atoms with Gasteiger partial charge >= 0.3 is 0 Å². The van der Waals surface area contributed by atoms with Gasteiger partial charge in [-0.05, 0) is 54.1 Å². The molecule has 2 aromatic carbocycles. The van der Waals surface area contributed by atoms with E-state index in [1.807, 2.05) is 54.8 Å². The molecule has 0 saturated carbocycles. The number of thiophene rings is 1. The number of methoxy groups -OCH3 is 1. The maximum Gasteiger partial charge on any atom is 0.259 e. The minimum absolute atomic E-state index is 0.162. The standard InChI is InChI=1S/C17H15NO2S/c1-11-3-5-15(20-2)14(9-11)17(19)18-13-4-6-16-12(10-13)7-8-21-16/h3-10H,1-2H3,(H,18,19). The first kappa shape index (κ1) is 13.6. The van der Waals surface area contributed by atoms with Crippen LogP contribution in [-0.2, 0) is 0 Å². The Hall–Kier alpha value is -2.33. The van der Waals surface area contributed by atoms with E-state index < -0.39 is 0 Å². The van der Waals surface area contributed by atoms with Crippen LogP contribution in [0.2, 0.25) is 0 Å². The highest BCUT2D eigenvalue weighted by Gasteiger charge is 2.13. The van der Waals surface area contributed by atoms with Crippen molar-refractivity contribution in [1.82, 2.24) is 0 Å². The molecule has 1 aromatic heterocycles. The quantitative estimate of drug-likeness (QED) is 0.774. The van der Waals surface area contributed by atoms with Crippen LogP contribution >= 0.6 is 11.3 Å². The van der Waals surface area contributed by atoms with E-state index in [4.69, 9.17) is 4.74 Å². The van der Waals surface area contributed by atoms with E-state index in [1.165, 1.54) is 4.70 Å². The highest BCUT2D eigenvalue weighted by atomic mass is 32.1. The Labute approximate surface area is 127 Å². The number of carbonyl (C=O) groups is 1. The van der Waals surface area contributed by atoms with Gasteiger partial charge in [-0.2, -0.15) is 0 Å². The number of fused-ring (bicyclic) bond motifs is 1. The third-order valence-electron chi connectivity index (χ3n) is 3.31. The Bertz CT molecular complexity index is 807. The lowest BCUT2D eigenvalue weighted by Gasteiger charge is -2.10. The van der Waals surface area contributed by atoms with Crippen LogP contribution in [-0.4, -0.2) is 13.0 Å². The van der Waals surface area contributed by atoms with Crippen LogP contribution in [0.4, 0.5) is 5.69 Å². The summed E-state index contributed by atoms with van der Waals surface area (Å²) in [6, 6.07) is 13.5. The zero-order valence-electron chi connectivity index (χ0n) is 11.8. The number of amides is 1. The van der Waals surface area contributed by atoms with Gasteiger partial charge in [-0.3, -0.25) is 4.79 Å². The molecular formula is C17H15NO2S. The number of anilines is 1. The normalized spacial score (nSPS) is 10.6. The summed E-state index contributed by atoms with van der Waals surface area (Å²) in [7, 11) is 1.57. The Balaban J connectivity index is 1.90. The maximum absolute atomic E-state index is 12.4. The minimum Gasteiger partial charge on any atom is -0.496 e. The summed E-state index contributed by atoms with van der Waals surface area (Å²) in [4.78, 5) is 12.4. The van der Waals surface area contributed by atoms with E-state index in [9.17, 15) is 4.79 Å². The monoisotopic (exact) mass is 297 g/mol. The van der Waals surface area contributed by atoms with Gasteiger partial charge in [0.15, 0.2) is 0 Å². The molecule has 0 aliphatic rings. The molecule has 0 aliphatic heterocycles. The molecule has 3 rings (SSSR count). The van der Waals surface area contributed by atoms with E-state index in [1.54, 1.807) is 18.4 Å². The van der Waals surface area contributed by atoms with Crippen LogP contribution in [0, 0.1) is 6.92 Å². The molecule has 0 saturated heterocycles. The topological polar surface area (TPSA) is 38.3 Å². The number of benzene rings is 2. The SMILES string of the molecule is COc1ccc(C)cc1C(=O)Nc1ccc2sccc2c1. The van der Waals surface area contributed by atoms with E-state index >= 15 is 0 Å². The van der Waals surface area contributed by atoms with Gasteiger partial charge in [0, 0.05) is 10.4 Å². The molecule has 0 atom stereocenters. The first-order valence-electron chi connectivity index (χ1n) is 6.60. The van der Waals surface area contributed by atoms with Gasteiger partial charge in [0.2, 0.25) is 0 Å². The van der Waals surface area contributed by atoms with Crippen molar-refractivity contribution < 1.29 is 9.53 Å². The van der Waals surface area contributed by atoms with E-state index in [0.717, 1.165) is 16.6 Å². The number of rotatable bonds is 3. The summed E-state index contributed by atoms with van der Waals surface area (Å²) in [5, 5.41) is 6.10. The van der Waals surface area contributed by atoms with Gasteiger partial charge < -0.3 is 10.1 Å². The molecule has 0 spiro atoms. The van der Waals surface area contributed by atoms with Crippen molar-refractivity contribution in [2.75, 3.05) is 12.4 Å². The van der Waals surface area contributed by atoms with E-state index in [0.29, 0.717) is 11.3 Å². The van der Waals surface area contributed by atoms with Crippen LogP contribution in [0.15, 0.2) is 47.8 Å². The van der Waals surface area contributed by atoms with E-state index in [2.05, 4.69) is 5.32 Å². The smallest absolute Gasteiger partial charge is 0.259 e. The summed E-state index contributed by atoms with van der Waals surface area (Å²) >= 11 is 1.69. The van der Waals surface area contributed by atoms with Crippen LogP contribution in [0.25, 0.3) is 10.1 Å². The van der Waals surface area contributed by atoms with Crippen LogP contribution in [0.3, 0.4) is 0 Å². The first-order valence-corrected chi connectivity index (χ1v) is 7.48. The van der Waals surface area contributed by atoms with Gasteiger partial charge in [-0.25, -0.2) is 0 Å². The highest BCUT2D eigenvalue weighted by Crippen LogP contribution is 2.25. The zero-order valence-corrected chi connectivity index (χ0v) is 12.7. The first-order chi connectivity index (χ1) is 10.2. The molecule has 0 radical (unpaired) electrons. The fraction of sp³-hybridized carbons (Fsp3) is 0.118. The Kier molecular flexibility index (Phi) is 3.62. The molecular weight excluding hydrogens is 282 g/mol. The summed E-state index contributed by atoms with van der Waals surface area (Å²) in [5.74, 6) is 0.417. The molecule has 0 aliphatic carbocycles. The second-order valence-corrected chi connectivity index (χ2v) is 5.78. The number of nitrogens with one attached hydrogen (secondary N) is 1. The molecule has 1 amide bonds. The summed E-state index contributed by atoms with van der Waals surface area (Å²) in [6.07, 6.45) is 0. The van der Waals surface area contributed by atoms with Crippen molar-refractivity contribution in [2.45, 2.75) is 6.92 Å². The molecule has 21 heavy (non-hydrogen) atoms. The Morgan fingerprint density at radius 1 is 1.14 bits per heavy atom.